The van der Waals surface area contributed by atoms with E-state index in [9.17, 15) is 18.0 Å². The second-order valence-electron chi connectivity index (χ2n) is 7.53. The highest BCUT2D eigenvalue weighted by atomic mass is 19.4. The van der Waals surface area contributed by atoms with Crippen LogP contribution in [0.5, 0.6) is 5.75 Å². The fourth-order valence-electron chi connectivity index (χ4n) is 4.22. The number of ether oxygens (including phenoxy) is 1. The molecule has 2 atom stereocenters. The number of rotatable bonds is 4. The van der Waals surface area contributed by atoms with E-state index in [1.165, 1.54) is 11.0 Å². The molecular weight excluding hydrogens is 407 g/mol. The molecule has 2 aromatic rings. The van der Waals surface area contributed by atoms with Crippen LogP contribution in [0.15, 0.2) is 54.6 Å². The van der Waals surface area contributed by atoms with Crippen LogP contribution in [0.4, 0.5) is 23.7 Å². The number of anilines is 1. The summed E-state index contributed by atoms with van der Waals surface area (Å²) in [6.45, 7) is 0.344. The number of methoxy groups -OCH3 is 1. The fourth-order valence-corrected chi connectivity index (χ4v) is 4.22. The van der Waals surface area contributed by atoms with Crippen molar-refractivity contribution < 1.29 is 22.7 Å². The number of halogens is 3. The third kappa shape index (κ3) is 3.83. The van der Waals surface area contributed by atoms with E-state index in [0.29, 0.717) is 12.3 Å². The maximum atomic E-state index is 13.5. The summed E-state index contributed by atoms with van der Waals surface area (Å²) in [6, 6.07) is 11.5. The number of benzene rings is 2. The van der Waals surface area contributed by atoms with E-state index in [-0.39, 0.29) is 23.8 Å². The van der Waals surface area contributed by atoms with Crippen LogP contribution in [0.2, 0.25) is 0 Å². The van der Waals surface area contributed by atoms with Crippen LogP contribution in [0.1, 0.15) is 29.5 Å². The minimum absolute atomic E-state index is 0.134. The summed E-state index contributed by atoms with van der Waals surface area (Å²) in [7, 11) is 1.57. The van der Waals surface area contributed by atoms with Crippen molar-refractivity contribution in [2.45, 2.75) is 37.6 Å². The maximum absolute atomic E-state index is 13.5. The quantitative estimate of drug-likeness (QED) is 0.637. The number of fused-ring (bicyclic) bond motifs is 1. The van der Waals surface area contributed by atoms with Gasteiger partial charge in [-0.25, -0.2) is 4.79 Å². The molecule has 5 nitrogen and oxygen atoms in total. The zero-order valence-corrected chi connectivity index (χ0v) is 16.8. The second kappa shape index (κ2) is 7.99. The standard InChI is InChI=1S/C23H20F3N3O2/c1-31-18-10-6-15(7-11-18)14-28-20-4-2-3-5-21(20)29(22(28)30)17-9-8-16(13-27)19(12-17)23(24,25)26/h3,5-12,20-21H,2,4,14H2,1H3. The number of allylic oxidation sites excluding steroid dienone is 1. The van der Waals surface area contributed by atoms with Crippen LogP contribution in [0, 0.1) is 11.3 Å². The number of amides is 2. The number of hydrogen-bond acceptors (Lipinski definition) is 3. The maximum Gasteiger partial charge on any atom is 0.417 e. The van der Waals surface area contributed by atoms with Gasteiger partial charge in [0, 0.05) is 12.2 Å². The van der Waals surface area contributed by atoms with Crippen molar-refractivity contribution in [3.8, 4) is 11.8 Å². The van der Waals surface area contributed by atoms with Crippen molar-refractivity contribution in [1.82, 2.24) is 4.90 Å². The van der Waals surface area contributed by atoms with E-state index in [1.807, 2.05) is 36.4 Å². The molecule has 4 rings (SSSR count). The predicted octanol–water partition coefficient (Wildman–Crippen LogP) is 5.12. The lowest BCUT2D eigenvalue weighted by Crippen LogP contribution is -2.37. The van der Waals surface area contributed by atoms with Crippen LogP contribution < -0.4 is 9.64 Å². The van der Waals surface area contributed by atoms with Crippen molar-refractivity contribution in [2.75, 3.05) is 12.0 Å². The molecule has 0 radical (unpaired) electrons. The summed E-state index contributed by atoms with van der Waals surface area (Å²) in [4.78, 5) is 16.5. The zero-order valence-electron chi connectivity index (χ0n) is 16.8. The van der Waals surface area contributed by atoms with Gasteiger partial charge in [0.15, 0.2) is 0 Å². The minimum Gasteiger partial charge on any atom is -0.497 e. The van der Waals surface area contributed by atoms with Crippen molar-refractivity contribution in [3.05, 3.63) is 71.3 Å². The first-order valence-corrected chi connectivity index (χ1v) is 9.84. The van der Waals surface area contributed by atoms with Crippen molar-refractivity contribution in [1.29, 1.82) is 5.26 Å². The van der Waals surface area contributed by atoms with Gasteiger partial charge in [0.1, 0.15) is 5.75 Å². The highest BCUT2D eigenvalue weighted by Crippen LogP contribution is 2.39. The van der Waals surface area contributed by atoms with Gasteiger partial charge in [-0.2, -0.15) is 18.4 Å². The molecule has 0 aromatic heterocycles. The average molecular weight is 427 g/mol. The summed E-state index contributed by atoms with van der Waals surface area (Å²) in [5.41, 5.74) is -0.464. The van der Waals surface area contributed by atoms with Crippen molar-refractivity contribution in [2.24, 2.45) is 0 Å². The smallest absolute Gasteiger partial charge is 0.417 e. The molecule has 1 aliphatic carbocycles. The summed E-state index contributed by atoms with van der Waals surface area (Å²) in [6.07, 6.45) is 0.664. The number of urea groups is 1. The molecule has 0 spiro atoms. The van der Waals surface area contributed by atoms with Crippen LogP contribution in [-0.4, -0.2) is 30.1 Å². The first kappa shape index (κ1) is 20.8. The Kier molecular flexibility index (Phi) is 5.36. The molecule has 1 aliphatic heterocycles. The van der Waals surface area contributed by atoms with Crippen LogP contribution in [0.25, 0.3) is 0 Å². The molecular formula is C23H20F3N3O2. The molecule has 160 valence electrons. The van der Waals surface area contributed by atoms with E-state index in [0.717, 1.165) is 30.5 Å². The number of alkyl halides is 3. The monoisotopic (exact) mass is 427 g/mol. The Morgan fingerprint density at radius 3 is 2.58 bits per heavy atom. The van der Waals surface area contributed by atoms with Crippen LogP contribution in [-0.2, 0) is 12.7 Å². The van der Waals surface area contributed by atoms with Gasteiger partial charge in [0.25, 0.3) is 0 Å². The van der Waals surface area contributed by atoms with Crippen molar-refractivity contribution >= 4 is 11.7 Å². The largest absolute Gasteiger partial charge is 0.497 e. The highest BCUT2D eigenvalue weighted by molar-refractivity contribution is 5.96. The lowest BCUT2D eigenvalue weighted by molar-refractivity contribution is -0.137. The Balaban J connectivity index is 1.70. The molecule has 1 fully saturated rings. The number of hydrogen-bond donors (Lipinski definition) is 0. The second-order valence-corrected chi connectivity index (χ2v) is 7.53. The van der Waals surface area contributed by atoms with E-state index in [2.05, 4.69) is 0 Å². The summed E-state index contributed by atoms with van der Waals surface area (Å²) < 4.78 is 45.6. The Labute approximate surface area is 177 Å². The van der Waals surface area contributed by atoms with E-state index >= 15 is 0 Å². The van der Waals surface area contributed by atoms with Gasteiger partial charge < -0.3 is 9.64 Å². The Morgan fingerprint density at radius 2 is 1.94 bits per heavy atom. The molecule has 8 heteroatoms. The average Bonchev–Trinajstić information content (AvgIpc) is 3.04. The third-order valence-corrected chi connectivity index (χ3v) is 5.73. The number of nitriles is 1. The number of carbonyl (C=O) groups excluding carboxylic acids is 1. The first-order valence-electron chi connectivity index (χ1n) is 9.84. The molecule has 2 aromatic carbocycles. The van der Waals surface area contributed by atoms with Gasteiger partial charge in [0.05, 0.1) is 36.4 Å². The molecule has 2 amide bonds. The lowest BCUT2D eigenvalue weighted by atomic mass is 9.95. The molecule has 1 saturated heterocycles. The molecule has 1 heterocycles. The molecule has 0 saturated carbocycles. The lowest BCUT2D eigenvalue weighted by Gasteiger charge is -2.28. The normalized spacial score (nSPS) is 20.5. The van der Waals surface area contributed by atoms with Gasteiger partial charge in [-0.1, -0.05) is 24.3 Å². The minimum atomic E-state index is -4.69. The van der Waals surface area contributed by atoms with Gasteiger partial charge in [0.2, 0.25) is 0 Å². The fraction of sp³-hybridized carbons (Fsp3) is 0.304. The summed E-state index contributed by atoms with van der Waals surface area (Å²) in [5, 5.41) is 9.06. The summed E-state index contributed by atoms with van der Waals surface area (Å²) in [5.74, 6) is 0.703. The van der Waals surface area contributed by atoms with E-state index in [1.54, 1.807) is 18.1 Å². The molecule has 0 N–H and O–H groups in total. The van der Waals surface area contributed by atoms with E-state index < -0.39 is 17.3 Å². The Hall–Kier alpha value is -3.47. The Morgan fingerprint density at radius 1 is 1.19 bits per heavy atom. The van der Waals surface area contributed by atoms with Crippen LogP contribution >= 0.6 is 0 Å². The van der Waals surface area contributed by atoms with Gasteiger partial charge in [-0.3, -0.25) is 4.90 Å². The Bertz CT molecular complexity index is 1060. The van der Waals surface area contributed by atoms with Gasteiger partial charge in [-0.15, -0.1) is 0 Å². The zero-order chi connectivity index (χ0) is 22.2. The van der Waals surface area contributed by atoms with Crippen LogP contribution in [0.3, 0.4) is 0 Å². The predicted molar refractivity (Wildman–Crippen MR) is 109 cm³/mol. The molecule has 2 unspecified atom stereocenters. The topological polar surface area (TPSA) is 56.6 Å². The highest BCUT2D eigenvalue weighted by Gasteiger charge is 2.46. The molecule has 2 aliphatic rings. The number of carbonyl (C=O) groups is 1. The SMILES string of the molecule is COc1ccc(CN2C(=O)N(c3ccc(C#N)c(C(F)(F)F)c3)C3C=CCCC32)cc1. The molecule has 31 heavy (non-hydrogen) atoms. The van der Waals surface area contributed by atoms with Gasteiger partial charge in [-0.05, 0) is 48.7 Å². The summed E-state index contributed by atoms with van der Waals surface area (Å²) >= 11 is 0. The van der Waals surface area contributed by atoms with Gasteiger partial charge >= 0.3 is 12.2 Å². The first-order chi connectivity index (χ1) is 14.8. The third-order valence-electron chi connectivity index (χ3n) is 5.73. The molecule has 0 bridgehead atoms. The van der Waals surface area contributed by atoms with E-state index in [4.69, 9.17) is 10.00 Å². The number of nitrogens with zero attached hydrogens (tertiary/aromatic N) is 3. The van der Waals surface area contributed by atoms with Crippen molar-refractivity contribution in [3.63, 3.8) is 0 Å².